The molecule has 1 amide bonds. The molecule has 0 fully saturated rings. The first kappa shape index (κ1) is 19.0. The van der Waals surface area contributed by atoms with Crippen LogP contribution in [0.3, 0.4) is 0 Å². The van der Waals surface area contributed by atoms with E-state index in [4.69, 9.17) is 14.7 Å². The van der Waals surface area contributed by atoms with Gasteiger partial charge in [0.25, 0.3) is 5.91 Å². The van der Waals surface area contributed by atoms with Gasteiger partial charge in [-0.15, -0.1) is 0 Å². The number of amides is 1. The maximum atomic E-state index is 12.1. The zero-order valence-corrected chi connectivity index (χ0v) is 14.8. The summed E-state index contributed by atoms with van der Waals surface area (Å²) in [6, 6.07) is 16.3. The molecule has 0 heterocycles. The van der Waals surface area contributed by atoms with Gasteiger partial charge < -0.3 is 14.4 Å². The number of carbonyl (C=O) groups is 2. The summed E-state index contributed by atoms with van der Waals surface area (Å²) < 4.78 is 10.2. The second-order valence-electron chi connectivity index (χ2n) is 5.73. The summed E-state index contributed by atoms with van der Waals surface area (Å²) in [4.78, 5) is 25.4. The van der Waals surface area contributed by atoms with Gasteiger partial charge >= 0.3 is 5.97 Å². The van der Waals surface area contributed by atoms with Gasteiger partial charge in [0.2, 0.25) is 0 Å². The van der Waals surface area contributed by atoms with Crippen molar-refractivity contribution < 1.29 is 19.1 Å². The zero-order valence-electron chi connectivity index (χ0n) is 14.8. The van der Waals surface area contributed by atoms with Crippen LogP contribution in [-0.4, -0.2) is 37.0 Å². The van der Waals surface area contributed by atoms with Gasteiger partial charge in [0.15, 0.2) is 13.2 Å². The lowest BCUT2D eigenvalue weighted by Gasteiger charge is -2.18. The molecule has 0 spiro atoms. The summed E-state index contributed by atoms with van der Waals surface area (Å²) in [7, 11) is 1.66. The normalized spacial score (nSPS) is 9.88. The summed E-state index contributed by atoms with van der Waals surface area (Å²) in [6.07, 6.45) is 0. The van der Waals surface area contributed by atoms with E-state index in [0.29, 0.717) is 17.9 Å². The second-order valence-corrected chi connectivity index (χ2v) is 5.73. The third-order valence-electron chi connectivity index (χ3n) is 3.80. The molecular weight excluding hydrogens is 332 g/mol. The molecule has 0 N–H and O–H groups in total. The van der Waals surface area contributed by atoms with Gasteiger partial charge in [0.1, 0.15) is 11.8 Å². The Morgan fingerprint density at radius 1 is 1.08 bits per heavy atom. The highest BCUT2D eigenvalue weighted by Crippen LogP contribution is 2.16. The monoisotopic (exact) mass is 352 g/mol. The van der Waals surface area contributed by atoms with E-state index in [-0.39, 0.29) is 19.1 Å². The Balaban J connectivity index is 1.78. The SMILES string of the molecule is Cc1ccccc1CN(C)C(=O)COC(=O)COc1ccccc1C#N. The first-order chi connectivity index (χ1) is 12.5. The van der Waals surface area contributed by atoms with Gasteiger partial charge in [0, 0.05) is 13.6 Å². The third kappa shape index (κ3) is 5.35. The molecule has 0 aliphatic heterocycles. The van der Waals surface area contributed by atoms with Crippen molar-refractivity contribution in [3.63, 3.8) is 0 Å². The molecule has 0 radical (unpaired) electrons. The largest absolute Gasteiger partial charge is 0.481 e. The van der Waals surface area contributed by atoms with Crippen LogP contribution >= 0.6 is 0 Å². The number of rotatable bonds is 7. The number of nitrogens with zero attached hydrogens (tertiary/aromatic N) is 2. The fourth-order valence-electron chi connectivity index (χ4n) is 2.25. The number of aryl methyl sites for hydroxylation is 1. The van der Waals surface area contributed by atoms with E-state index < -0.39 is 5.97 Å². The Morgan fingerprint density at radius 2 is 1.77 bits per heavy atom. The van der Waals surface area contributed by atoms with Gasteiger partial charge in [0.05, 0.1) is 5.56 Å². The fourth-order valence-corrected chi connectivity index (χ4v) is 2.25. The van der Waals surface area contributed by atoms with Gasteiger partial charge in [-0.1, -0.05) is 36.4 Å². The molecule has 26 heavy (non-hydrogen) atoms. The Hall–Kier alpha value is -3.33. The molecule has 0 saturated heterocycles. The molecular formula is C20H20N2O4. The van der Waals surface area contributed by atoms with Crippen molar-refractivity contribution in [3.05, 3.63) is 65.2 Å². The Kier molecular flexibility index (Phi) is 6.75. The van der Waals surface area contributed by atoms with Crippen LogP contribution < -0.4 is 4.74 Å². The molecule has 0 atom stereocenters. The minimum Gasteiger partial charge on any atom is -0.481 e. The summed E-state index contributed by atoms with van der Waals surface area (Å²) in [5.74, 6) is -0.677. The molecule has 0 aromatic heterocycles. The Morgan fingerprint density at radius 3 is 2.50 bits per heavy atom. The number of carbonyl (C=O) groups excluding carboxylic acids is 2. The number of hydrogen-bond acceptors (Lipinski definition) is 5. The highest BCUT2D eigenvalue weighted by molar-refractivity contribution is 5.80. The average Bonchev–Trinajstić information content (AvgIpc) is 2.66. The van der Waals surface area contributed by atoms with E-state index in [1.165, 1.54) is 4.90 Å². The zero-order chi connectivity index (χ0) is 18.9. The van der Waals surface area contributed by atoms with Crippen molar-refractivity contribution in [1.29, 1.82) is 5.26 Å². The number of likely N-dealkylation sites (N-methyl/N-ethyl adjacent to an activating group) is 1. The van der Waals surface area contributed by atoms with Crippen LogP contribution in [0, 0.1) is 18.3 Å². The maximum Gasteiger partial charge on any atom is 0.344 e. The fraction of sp³-hybridized carbons (Fsp3) is 0.250. The first-order valence-corrected chi connectivity index (χ1v) is 8.07. The standard InChI is InChI=1S/C20H20N2O4/c1-15-7-3-4-9-17(15)12-22(2)19(23)13-26-20(24)14-25-18-10-6-5-8-16(18)11-21/h3-10H,12-14H2,1-2H3. The summed E-state index contributed by atoms with van der Waals surface area (Å²) in [5, 5.41) is 8.97. The molecule has 0 aliphatic rings. The smallest absolute Gasteiger partial charge is 0.344 e. The highest BCUT2D eigenvalue weighted by atomic mass is 16.6. The second kappa shape index (κ2) is 9.23. The van der Waals surface area contributed by atoms with E-state index in [2.05, 4.69) is 0 Å². The lowest BCUT2D eigenvalue weighted by Crippen LogP contribution is -2.31. The highest BCUT2D eigenvalue weighted by Gasteiger charge is 2.14. The van der Waals surface area contributed by atoms with Crippen molar-refractivity contribution in [1.82, 2.24) is 4.90 Å². The van der Waals surface area contributed by atoms with Crippen LogP contribution in [0.1, 0.15) is 16.7 Å². The number of benzene rings is 2. The van der Waals surface area contributed by atoms with E-state index in [1.54, 1.807) is 31.3 Å². The van der Waals surface area contributed by atoms with Crippen LogP contribution in [0.15, 0.2) is 48.5 Å². The lowest BCUT2D eigenvalue weighted by atomic mass is 10.1. The van der Waals surface area contributed by atoms with E-state index in [1.807, 2.05) is 37.3 Å². The lowest BCUT2D eigenvalue weighted by molar-refractivity contribution is -0.153. The maximum absolute atomic E-state index is 12.1. The molecule has 0 saturated carbocycles. The van der Waals surface area contributed by atoms with Crippen molar-refractivity contribution in [2.45, 2.75) is 13.5 Å². The number of hydrogen-bond donors (Lipinski definition) is 0. The van der Waals surface area contributed by atoms with E-state index in [0.717, 1.165) is 11.1 Å². The number of esters is 1. The van der Waals surface area contributed by atoms with Crippen molar-refractivity contribution >= 4 is 11.9 Å². The molecule has 2 aromatic carbocycles. The number of para-hydroxylation sites is 1. The van der Waals surface area contributed by atoms with Crippen molar-refractivity contribution in [3.8, 4) is 11.8 Å². The van der Waals surface area contributed by atoms with Crippen LogP contribution in [0.25, 0.3) is 0 Å². The minimum absolute atomic E-state index is 0.301. The Bertz CT molecular complexity index is 827. The summed E-state index contributed by atoms with van der Waals surface area (Å²) in [5.41, 5.74) is 2.45. The molecule has 134 valence electrons. The van der Waals surface area contributed by atoms with Gasteiger partial charge in [-0.3, -0.25) is 4.79 Å². The van der Waals surface area contributed by atoms with Gasteiger partial charge in [-0.2, -0.15) is 5.26 Å². The molecule has 2 rings (SSSR count). The van der Waals surface area contributed by atoms with Gasteiger partial charge in [-0.05, 0) is 30.2 Å². The number of nitriles is 1. The Labute approximate surface area is 152 Å². The number of ether oxygens (including phenoxy) is 2. The predicted molar refractivity (Wildman–Crippen MR) is 95.3 cm³/mol. The van der Waals surface area contributed by atoms with E-state index >= 15 is 0 Å². The van der Waals surface area contributed by atoms with Crippen LogP contribution in [0.2, 0.25) is 0 Å². The molecule has 0 aliphatic carbocycles. The topological polar surface area (TPSA) is 79.6 Å². The molecule has 2 aromatic rings. The van der Waals surface area contributed by atoms with Crippen LogP contribution in [-0.2, 0) is 20.9 Å². The first-order valence-electron chi connectivity index (χ1n) is 8.07. The molecule has 6 nitrogen and oxygen atoms in total. The molecule has 0 unspecified atom stereocenters. The predicted octanol–water partition coefficient (Wildman–Crippen LogP) is 2.45. The third-order valence-corrected chi connectivity index (χ3v) is 3.80. The molecule has 0 bridgehead atoms. The summed E-state index contributed by atoms with van der Waals surface area (Å²) in [6.45, 7) is 1.69. The van der Waals surface area contributed by atoms with Crippen LogP contribution in [0.4, 0.5) is 0 Å². The van der Waals surface area contributed by atoms with Crippen molar-refractivity contribution in [2.24, 2.45) is 0 Å². The average molecular weight is 352 g/mol. The quantitative estimate of drug-likeness (QED) is 0.715. The molecule has 6 heteroatoms. The van der Waals surface area contributed by atoms with Crippen LogP contribution in [0.5, 0.6) is 5.75 Å². The van der Waals surface area contributed by atoms with Gasteiger partial charge in [-0.25, -0.2) is 4.79 Å². The van der Waals surface area contributed by atoms with Crippen molar-refractivity contribution in [2.75, 3.05) is 20.3 Å². The minimum atomic E-state index is -0.671. The summed E-state index contributed by atoms with van der Waals surface area (Å²) >= 11 is 0. The van der Waals surface area contributed by atoms with E-state index in [9.17, 15) is 9.59 Å².